The molecule has 21 heavy (non-hydrogen) atoms. The smallest absolute Gasteiger partial charge is 0.184 e. The Kier molecular flexibility index (Phi) is 5.32. The van der Waals surface area contributed by atoms with Crippen LogP contribution in [0.1, 0.15) is 62.9 Å². The van der Waals surface area contributed by atoms with Crippen LogP contribution in [0, 0.1) is 11.8 Å². The van der Waals surface area contributed by atoms with Gasteiger partial charge >= 0.3 is 0 Å². The summed E-state index contributed by atoms with van der Waals surface area (Å²) in [6.07, 6.45) is 9.54. The van der Waals surface area contributed by atoms with E-state index >= 15 is 0 Å². The van der Waals surface area contributed by atoms with Crippen LogP contribution in [0.5, 0.6) is 0 Å². The lowest BCUT2D eigenvalue weighted by Crippen LogP contribution is -2.15. The molecule has 116 valence electrons. The minimum Gasteiger partial charge on any atom is -0.346 e. The molecular formula is C19H28O2. The van der Waals surface area contributed by atoms with E-state index in [4.69, 9.17) is 9.47 Å². The van der Waals surface area contributed by atoms with E-state index < -0.39 is 0 Å². The molecule has 0 radical (unpaired) electrons. The van der Waals surface area contributed by atoms with E-state index in [0.29, 0.717) is 0 Å². The lowest BCUT2D eigenvalue weighted by atomic mass is 9.78. The van der Waals surface area contributed by atoms with E-state index in [1.807, 2.05) is 0 Å². The summed E-state index contributed by atoms with van der Waals surface area (Å²) < 4.78 is 11.2. The van der Waals surface area contributed by atoms with Crippen molar-refractivity contribution in [3.63, 3.8) is 0 Å². The molecule has 0 N–H and O–H groups in total. The Morgan fingerprint density at radius 1 is 1.10 bits per heavy atom. The van der Waals surface area contributed by atoms with Crippen LogP contribution in [0.2, 0.25) is 0 Å². The van der Waals surface area contributed by atoms with Crippen LogP contribution >= 0.6 is 0 Å². The largest absolute Gasteiger partial charge is 0.346 e. The van der Waals surface area contributed by atoms with Crippen molar-refractivity contribution in [1.82, 2.24) is 0 Å². The van der Waals surface area contributed by atoms with Crippen LogP contribution in [0.4, 0.5) is 0 Å². The first-order valence-corrected chi connectivity index (χ1v) is 8.67. The van der Waals surface area contributed by atoms with Crippen molar-refractivity contribution in [3.8, 4) is 0 Å². The average Bonchev–Trinajstić information content (AvgIpc) is 3.08. The van der Waals surface area contributed by atoms with E-state index in [1.165, 1.54) is 56.1 Å². The zero-order valence-electron chi connectivity index (χ0n) is 13.2. The van der Waals surface area contributed by atoms with Crippen molar-refractivity contribution < 1.29 is 9.47 Å². The molecule has 2 nitrogen and oxygen atoms in total. The lowest BCUT2D eigenvalue weighted by Gasteiger charge is -2.28. The molecule has 1 aliphatic heterocycles. The van der Waals surface area contributed by atoms with Crippen molar-refractivity contribution in [2.24, 2.45) is 11.8 Å². The highest BCUT2D eigenvalue weighted by Crippen LogP contribution is 2.33. The van der Waals surface area contributed by atoms with Crippen molar-refractivity contribution in [3.05, 3.63) is 35.4 Å². The van der Waals surface area contributed by atoms with Gasteiger partial charge in [0.1, 0.15) is 0 Å². The number of aryl methyl sites for hydroxylation is 1. The van der Waals surface area contributed by atoms with E-state index in [0.717, 1.165) is 25.0 Å². The number of hydrogen-bond donors (Lipinski definition) is 0. The Balaban J connectivity index is 1.54. The highest BCUT2D eigenvalue weighted by atomic mass is 16.7. The zero-order chi connectivity index (χ0) is 14.5. The van der Waals surface area contributed by atoms with Crippen LogP contribution < -0.4 is 0 Å². The van der Waals surface area contributed by atoms with Gasteiger partial charge in [0.2, 0.25) is 0 Å². The van der Waals surface area contributed by atoms with Gasteiger partial charge in [-0.15, -0.1) is 0 Å². The maximum absolute atomic E-state index is 5.59. The second-order valence-corrected chi connectivity index (χ2v) is 6.66. The molecule has 2 heteroatoms. The van der Waals surface area contributed by atoms with Gasteiger partial charge in [0, 0.05) is 5.56 Å². The normalized spacial score (nSPS) is 27.1. The summed E-state index contributed by atoms with van der Waals surface area (Å²) in [6, 6.07) is 8.79. The van der Waals surface area contributed by atoms with E-state index in [1.54, 1.807) is 0 Å². The molecule has 3 rings (SSSR count). The molecule has 1 saturated carbocycles. The van der Waals surface area contributed by atoms with Crippen LogP contribution in [0.15, 0.2) is 24.3 Å². The molecule has 2 fully saturated rings. The monoisotopic (exact) mass is 288 g/mol. The van der Waals surface area contributed by atoms with Crippen LogP contribution in [0.25, 0.3) is 0 Å². The molecule has 0 spiro atoms. The van der Waals surface area contributed by atoms with Gasteiger partial charge in [-0.3, -0.25) is 0 Å². The number of ether oxygens (including phenoxy) is 2. The number of hydrogen-bond acceptors (Lipinski definition) is 2. The Morgan fingerprint density at radius 2 is 1.90 bits per heavy atom. The molecule has 0 amide bonds. The van der Waals surface area contributed by atoms with Gasteiger partial charge in [0.25, 0.3) is 0 Å². The van der Waals surface area contributed by atoms with Gasteiger partial charge in [0.05, 0.1) is 13.2 Å². The predicted octanol–water partition coefficient (Wildman–Crippen LogP) is 4.88. The molecule has 0 aromatic heterocycles. The maximum atomic E-state index is 5.59. The van der Waals surface area contributed by atoms with Gasteiger partial charge in [-0.25, -0.2) is 0 Å². The Hall–Kier alpha value is -0.860. The summed E-state index contributed by atoms with van der Waals surface area (Å²) in [4.78, 5) is 0. The average molecular weight is 288 g/mol. The first-order chi connectivity index (χ1) is 10.3. The summed E-state index contributed by atoms with van der Waals surface area (Å²) >= 11 is 0. The molecular weight excluding hydrogens is 260 g/mol. The third-order valence-electron chi connectivity index (χ3n) is 5.16. The minimum absolute atomic E-state index is 0.135. The summed E-state index contributed by atoms with van der Waals surface area (Å²) in [6.45, 7) is 3.78. The zero-order valence-corrected chi connectivity index (χ0v) is 13.2. The molecule has 1 aromatic carbocycles. The highest BCUT2D eigenvalue weighted by molar-refractivity contribution is 5.24. The summed E-state index contributed by atoms with van der Waals surface area (Å²) in [5.74, 6) is 1.92. The first-order valence-electron chi connectivity index (χ1n) is 8.67. The van der Waals surface area contributed by atoms with E-state index in [-0.39, 0.29) is 6.29 Å². The molecule has 1 aromatic rings. The standard InChI is InChI=1S/C19H28O2/c1-2-15-5-3-6-16(13-15)9-10-17-7-4-8-18(14-17)19-20-11-12-21-19/h4,7-8,14-16,19H,2-3,5-6,9-13H2,1H3. The molecule has 1 heterocycles. The predicted molar refractivity (Wildman–Crippen MR) is 85.1 cm³/mol. The Morgan fingerprint density at radius 3 is 2.71 bits per heavy atom. The van der Waals surface area contributed by atoms with Gasteiger partial charge in [0.15, 0.2) is 6.29 Å². The molecule has 2 unspecified atom stereocenters. The molecule has 2 atom stereocenters. The van der Waals surface area contributed by atoms with Gasteiger partial charge in [-0.05, 0) is 36.7 Å². The lowest BCUT2D eigenvalue weighted by molar-refractivity contribution is -0.0441. The topological polar surface area (TPSA) is 18.5 Å². The fourth-order valence-electron chi connectivity index (χ4n) is 3.85. The quantitative estimate of drug-likeness (QED) is 0.768. The molecule has 2 aliphatic rings. The summed E-state index contributed by atoms with van der Waals surface area (Å²) in [7, 11) is 0. The van der Waals surface area contributed by atoms with Crippen molar-refractivity contribution in [1.29, 1.82) is 0 Å². The van der Waals surface area contributed by atoms with Crippen molar-refractivity contribution >= 4 is 0 Å². The second-order valence-electron chi connectivity index (χ2n) is 6.66. The number of rotatable bonds is 5. The maximum Gasteiger partial charge on any atom is 0.184 e. The molecule has 1 saturated heterocycles. The summed E-state index contributed by atoms with van der Waals surface area (Å²) in [5, 5.41) is 0. The third-order valence-corrected chi connectivity index (χ3v) is 5.16. The van der Waals surface area contributed by atoms with Crippen molar-refractivity contribution in [2.75, 3.05) is 13.2 Å². The van der Waals surface area contributed by atoms with Crippen LogP contribution in [-0.2, 0) is 15.9 Å². The van der Waals surface area contributed by atoms with Crippen molar-refractivity contribution in [2.45, 2.75) is 58.2 Å². The molecule has 0 bridgehead atoms. The Labute approximate surface area is 128 Å². The highest BCUT2D eigenvalue weighted by Gasteiger charge is 2.21. The van der Waals surface area contributed by atoms with Gasteiger partial charge < -0.3 is 9.47 Å². The fourth-order valence-corrected chi connectivity index (χ4v) is 3.85. The van der Waals surface area contributed by atoms with Crippen LogP contribution in [0.3, 0.4) is 0 Å². The van der Waals surface area contributed by atoms with Crippen LogP contribution in [-0.4, -0.2) is 13.2 Å². The summed E-state index contributed by atoms with van der Waals surface area (Å²) in [5.41, 5.74) is 2.62. The van der Waals surface area contributed by atoms with Gasteiger partial charge in [-0.1, -0.05) is 56.9 Å². The minimum atomic E-state index is -0.135. The SMILES string of the molecule is CCC1CCCC(CCc2cccc(C3OCCO3)c2)C1. The third kappa shape index (κ3) is 4.08. The second kappa shape index (κ2) is 7.42. The molecule has 1 aliphatic carbocycles. The van der Waals surface area contributed by atoms with E-state index in [2.05, 4.69) is 31.2 Å². The fraction of sp³-hybridized carbons (Fsp3) is 0.684. The number of benzene rings is 1. The first kappa shape index (κ1) is 15.1. The van der Waals surface area contributed by atoms with E-state index in [9.17, 15) is 0 Å². The Bertz CT molecular complexity index is 437. The van der Waals surface area contributed by atoms with Gasteiger partial charge in [-0.2, -0.15) is 0 Å².